The molecule has 0 N–H and O–H groups in total. The highest BCUT2D eigenvalue weighted by Crippen LogP contribution is 2.44. The maximum atomic E-state index is 13.2. The number of rotatable bonds is 6. The van der Waals surface area contributed by atoms with Gasteiger partial charge in [0.25, 0.3) is 0 Å². The number of hydrogen-bond donors (Lipinski definition) is 0. The number of fused-ring (bicyclic) bond motifs is 5. The summed E-state index contributed by atoms with van der Waals surface area (Å²) in [6.07, 6.45) is 6.32. The van der Waals surface area contributed by atoms with Gasteiger partial charge in [0.15, 0.2) is 0 Å². The van der Waals surface area contributed by atoms with Crippen LogP contribution in [0.15, 0.2) is 85.3 Å². The fourth-order valence-corrected chi connectivity index (χ4v) is 7.03. The summed E-state index contributed by atoms with van der Waals surface area (Å²) in [6.45, 7) is 4.13. The van der Waals surface area contributed by atoms with Crippen LogP contribution in [0.25, 0.3) is 16.8 Å². The molecule has 5 heterocycles. The number of hydrogen-bond acceptors (Lipinski definition) is 8. The third-order valence-corrected chi connectivity index (χ3v) is 9.28. The van der Waals surface area contributed by atoms with E-state index in [0.717, 1.165) is 35.2 Å². The number of aromatic nitrogens is 4. The lowest BCUT2D eigenvalue weighted by Gasteiger charge is -2.35. The summed E-state index contributed by atoms with van der Waals surface area (Å²) in [4.78, 5) is 33.7. The van der Waals surface area contributed by atoms with E-state index in [1.165, 1.54) is 22.3 Å². The molecule has 2 aliphatic heterocycles. The minimum Gasteiger partial charge on any atom is -0.492 e. The number of carbonyl (C=O) groups is 1. The molecular formula is C35H35N7O3. The third kappa shape index (κ3) is 5.04. The Bertz CT molecular complexity index is 1820. The molecule has 0 spiro atoms. The second-order valence-corrected chi connectivity index (χ2v) is 11.9. The first-order chi connectivity index (χ1) is 22.1. The average molecular weight is 602 g/mol. The number of imidazole rings is 1. The summed E-state index contributed by atoms with van der Waals surface area (Å²) in [5.74, 6) is 1.75. The molecule has 0 radical (unpaired) electrons. The second kappa shape index (κ2) is 11.5. The topological polar surface area (TPSA) is 88.3 Å². The number of amides is 1. The molecular weight excluding hydrogens is 566 g/mol. The van der Waals surface area contributed by atoms with Crippen molar-refractivity contribution in [1.82, 2.24) is 29.2 Å². The number of pyridine rings is 1. The Balaban J connectivity index is 0.912. The standard InChI is InChI=1S/C35H35N7O3/c1-39(30-13-20-44-31-11-6-14-36-33(30)31)21-24-22-42-32(38-24)12-15-37-34(42)40-16-18-41(19-17-40)35(43)45-23-29-27-9-4-2-7-25(27)26-8-3-5-10-28(26)29/h2-12,14-15,22,29-30H,13,16-21,23H2,1H3. The lowest BCUT2D eigenvalue weighted by atomic mass is 9.98. The molecule has 1 amide bonds. The predicted octanol–water partition coefficient (Wildman–Crippen LogP) is 5.15. The Morgan fingerprint density at radius 1 is 0.933 bits per heavy atom. The van der Waals surface area contributed by atoms with Crippen LogP contribution in [0.5, 0.6) is 5.75 Å². The lowest BCUT2D eigenvalue weighted by molar-refractivity contribution is 0.0975. The minimum atomic E-state index is -0.264. The van der Waals surface area contributed by atoms with Crippen LogP contribution in [0.4, 0.5) is 10.7 Å². The van der Waals surface area contributed by atoms with Gasteiger partial charge in [0.05, 0.1) is 24.0 Å². The second-order valence-electron chi connectivity index (χ2n) is 11.9. The van der Waals surface area contributed by atoms with Crippen molar-refractivity contribution in [3.05, 3.63) is 108 Å². The van der Waals surface area contributed by atoms with Crippen LogP contribution in [0.3, 0.4) is 0 Å². The van der Waals surface area contributed by atoms with Crippen LogP contribution >= 0.6 is 0 Å². The lowest BCUT2D eigenvalue weighted by Crippen LogP contribution is -2.49. The normalized spacial score (nSPS) is 17.6. The highest BCUT2D eigenvalue weighted by Gasteiger charge is 2.31. The molecule has 5 aromatic rings. The number of anilines is 1. The summed E-state index contributed by atoms with van der Waals surface area (Å²) in [6, 6.07) is 22.8. The van der Waals surface area contributed by atoms with E-state index in [1.807, 2.05) is 30.6 Å². The van der Waals surface area contributed by atoms with Gasteiger partial charge in [-0.1, -0.05) is 48.5 Å². The van der Waals surface area contributed by atoms with E-state index in [9.17, 15) is 4.79 Å². The molecule has 1 aliphatic carbocycles. The van der Waals surface area contributed by atoms with Crippen molar-refractivity contribution in [2.75, 3.05) is 51.3 Å². The summed E-state index contributed by atoms with van der Waals surface area (Å²) in [7, 11) is 2.11. The van der Waals surface area contributed by atoms with Gasteiger partial charge in [0.2, 0.25) is 5.95 Å². The van der Waals surface area contributed by atoms with Crippen molar-refractivity contribution in [2.24, 2.45) is 0 Å². The highest BCUT2D eigenvalue weighted by molar-refractivity contribution is 5.79. The van der Waals surface area contributed by atoms with E-state index in [2.05, 4.69) is 81.0 Å². The van der Waals surface area contributed by atoms with Crippen molar-refractivity contribution < 1.29 is 14.3 Å². The molecule has 3 aromatic heterocycles. The molecule has 3 aliphatic rings. The molecule has 10 heteroatoms. The van der Waals surface area contributed by atoms with Gasteiger partial charge in [-0.15, -0.1) is 0 Å². The van der Waals surface area contributed by atoms with Crippen LogP contribution in [0, 0.1) is 0 Å². The fraction of sp³-hybridized carbons (Fsp3) is 0.314. The Kier molecular flexibility index (Phi) is 7.06. The molecule has 228 valence electrons. The van der Waals surface area contributed by atoms with E-state index < -0.39 is 0 Å². The van der Waals surface area contributed by atoms with Gasteiger partial charge in [-0.3, -0.25) is 14.3 Å². The largest absolute Gasteiger partial charge is 0.492 e. The molecule has 8 rings (SSSR count). The summed E-state index contributed by atoms with van der Waals surface area (Å²) in [5.41, 5.74) is 7.69. The SMILES string of the molecule is CN(Cc1cn2c(N3CCN(C(=O)OCC4c5ccccc5-c5ccccc54)CC3)nccc2n1)C1CCOc2cccnc21. The first-order valence-corrected chi connectivity index (χ1v) is 15.6. The van der Waals surface area contributed by atoms with E-state index >= 15 is 0 Å². The molecule has 1 atom stereocenters. The van der Waals surface area contributed by atoms with E-state index in [-0.39, 0.29) is 18.1 Å². The van der Waals surface area contributed by atoms with Crippen molar-refractivity contribution >= 4 is 17.7 Å². The van der Waals surface area contributed by atoms with E-state index in [0.29, 0.717) is 45.9 Å². The van der Waals surface area contributed by atoms with E-state index in [4.69, 9.17) is 19.4 Å². The zero-order valence-corrected chi connectivity index (χ0v) is 25.2. The maximum Gasteiger partial charge on any atom is 0.409 e. The molecule has 2 aromatic carbocycles. The van der Waals surface area contributed by atoms with Crippen molar-refractivity contribution in [2.45, 2.75) is 24.9 Å². The Hall–Kier alpha value is -4.96. The zero-order chi connectivity index (χ0) is 30.3. The maximum absolute atomic E-state index is 13.2. The highest BCUT2D eigenvalue weighted by atomic mass is 16.6. The predicted molar refractivity (Wildman–Crippen MR) is 170 cm³/mol. The molecule has 0 saturated carbocycles. The van der Waals surface area contributed by atoms with Crippen LogP contribution in [-0.4, -0.2) is 81.7 Å². The zero-order valence-electron chi connectivity index (χ0n) is 25.2. The van der Waals surface area contributed by atoms with Gasteiger partial charge < -0.3 is 19.3 Å². The number of piperazine rings is 1. The van der Waals surface area contributed by atoms with Gasteiger partial charge in [-0.05, 0) is 47.5 Å². The Labute approximate surface area is 261 Å². The molecule has 45 heavy (non-hydrogen) atoms. The number of benzene rings is 2. The van der Waals surface area contributed by atoms with Crippen LogP contribution < -0.4 is 9.64 Å². The molecule has 1 saturated heterocycles. The Morgan fingerprint density at radius 2 is 1.69 bits per heavy atom. The van der Waals surface area contributed by atoms with Crippen LogP contribution in [0.2, 0.25) is 0 Å². The van der Waals surface area contributed by atoms with Crippen LogP contribution in [-0.2, 0) is 11.3 Å². The molecule has 1 fully saturated rings. The first kappa shape index (κ1) is 27.6. The molecule has 10 nitrogen and oxygen atoms in total. The van der Waals surface area contributed by atoms with Crippen molar-refractivity contribution in [3.8, 4) is 16.9 Å². The third-order valence-electron chi connectivity index (χ3n) is 9.28. The minimum absolute atomic E-state index is 0.0522. The summed E-state index contributed by atoms with van der Waals surface area (Å²) < 4.78 is 13.8. The molecule has 0 bridgehead atoms. The Morgan fingerprint density at radius 3 is 2.47 bits per heavy atom. The number of ether oxygens (including phenoxy) is 2. The number of nitrogens with zero attached hydrogens (tertiary/aromatic N) is 7. The van der Waals surface area contributed by atoms with Gasteiger partial charge in [0.1, 0.15) is 18.0 Å². The van der Waals surface area contributed by atoms with Crippen molar-refractivity contribution in [1.29, 1.82) is 0 Å². The smallest absolute Gasteiger partial charge is 0.409 e. The van der Waals surface area contributed by atoms with Crippen LogP contribution in [0.1, 0.15) is 40.9 Å². The molecule has 1 unspecified atom stereocenters. The fourth-order valence-electron chi connectivity index (χ4n) is 7.03. The van der Waals surface area contributed by atoms with E-state index in [1.54, 1.807) is 4.90 Å². The van der Waals surface area contributed by atoms with Gasteiger partial charge >= 0.3 is 6.09 Å². The van der Waals surface area contributed by atoms with Gasteiger partial charge in [0, 0.05) is 63.7 Å². The summed E-state index contributed by atoms with van der Waals surface area (Å²) >= 11 is 0. The summed E-state index contributed by atoms with van der Waals surface area (Å²) in [5, 5.41) is 0. The first-order valence-electron chi connectivity index (χ1n) is 15.6. The average Bonchev–Trinajstić information content (AvgIpc) is 3.65. The van der Waals surface area contributed by atoms with Crippen molar-refractivity contribution in [3.63, 3.8) is 0 Å². The monoisotopic (exact) mass is 601 g/mol. The number of carbonyl (C=O) groups excluding carboxylic acids is 1. The van der Waals surface area contributed by atoms with Gasteiger partial charge in [-0.25, -0.2) is 14.8 Å². The van der Waals surface area contributed by atoms with Gasteiger partial charge in [-0.2, -0.15) is 0 Å². The quantitative estimate of drug-likeness (QED) is 0.264.